The fourth-order valence-corrected chi connectivity index (χ4v) is 7.24. The van der Waals surface area contributed by atoms with Crippen LogP contribution in [-0.4, -0.2) is 10.3 Å². The molecular formula is C37H25N3OS. The average molecular weight is 560 g/mol. The highest BCUT2D eigenvalue weighted by Gasteiger charge is 2.20. The molecule has 2 N–H and O–H groups in total. The Morgan fingerprint density at radius 3 is 2.45 bits per heavy atom. The van der Waals surface area contributed by atoms with Gasteiger partial charge in [0.2, 0.25) is 0 Å². The van der Waals surface area contributed by atoms with Gasteiger partial charge in [-0.25, -0.2) is 0 Å². The molecule has 0 saturated carbocycles. The minimum Gasteiger partial charge on any atom is -0.456 e. The summed E-state index contributed by atoms with van der Waals surface area (Å²) in [6.07, 6.45) is 9.27. The van der Waals surface area contributed by atoms with E-state index in [4.69, 9.17) is 9.83 Å². The second-order valence-electron chi connectivity index (χ2n) is 10.4. The number of thiophene rings is 1. The van der Waals surface area contributed by atoms with E-state index in [0.717, 1.165) is 50.0 Å². The standard InChI is InChI=1S/C37H25N3OS/c1-3-25(30(38)4-2)31-17-16-23(21-39-31)22-10-9-11-24(18-22)40-32-19-28-26-12-5-7-14-33(26)41-34(28)20-29(32)37-36(40)27-13-6-8-15-35(27)42-37/h3-21,38-39H,1-2H2/b31-25-,38-30?. The molecule has 0 unspecified atom stereocenters. The Morgan fingerprint density at radius 1 is 0.810 bits per heavy atom. The number of nitrogens with one attached hydrogen (secondary N) is 2. The summed E-state index contributed by atoms with van der Waals surface area (Å²) >= 11 is 1.83. The first-order valence-corrected chi connectivity index (χ1v) is 14.6. The van der Waals surface area contributed by atoms with Gasteiger partial charge in [-0.2, -0.15) is 0 Å². The predicted molar refractivity (Wildman–Crippen MR) is 179 cm³/mol. The van der Waals surface area contributed by atoms with Crippen molar-refractivity contribution < 1.29 is 4.42 Å². The molecule has 1 aliphatic heterocycles. The van der Waals surface area contributed by atoms with Crippen LogP contribution in [0.4, 0.5) is 0 Å². The third-order valence-electron chi connectivity index (χ3n) is 8.01. The molecule has 200 valence electrons. The number of allylic oxidation sites excluding steroid dienone is 6. The van der Waals surface area contributed by atoms with Gasteiger partial charge in [0.25, 0.3) is 0 Å². The molecule has 4 nitrogen and oxygen atoms in total. The third kappa shape index (κ3) is 3.57. The summed E-state index contributed by atoms with van der Waals surface area (Å²) in [5.41, 5.74) is 9.32. The van der Waals surface area contributed by atoms with Gasteiger partial charge in [0.15, 0.2) is 0 Å². The van der Waals surface area contributed by atoms with Gasteiger partial charge in [-0.15, -0.1) is 11.3 Å². The van der Waals surface area contributed by atoms with Gasteiger partial charge in [0, 0.05) is 49.4 Å². The number of fused-ring (bicyclic) bond motifs is 8. The molecule has 0 radical (unpaired) electrons. The Balaban J connectivity index is 1.35. The average Bonchev–Trinajstić information content (AvgIpc) is 3.69. The fraction of sp³-hybridized carbons (Fsp3) is 0. The molecule has 0 atom stereocenters. The van der Waals surface area contributed by atoms with Crippen LogP contribution in [0.25, 0.3) is 64.4 Å². The van der Waals surface area contributed by atoms with Crippen molar-refractivity contribution in [2.45, 2.75) is 0 Å². The lowest BCUT2D eigenvalue weighted by atomic mass is 10.0. The second-order valence-corrected chi connectivity index (χ2v) is 11.4. The summed E-state index contributed by atoms with van der Waals surface area (Å²) in [6, 6.07) is 30.1. The summed E-state index contributed by atoms with van der Waals surface area (Å²) in [4.78, 5) is 0. The SMILES string of the molecule is C=CC(=N)/C(C=C)=C1/C=CC(c2cccc(-n3c4cc5c(cc4c4sc6ccccc6c43)oc3ccccc35)c2)=CN1. The summed E-state index contributed by atoms with van der Waals surface area (Å²) in [7, 11) is 0. The number of benzene rings is 4. The van der Waals surface area contributed by atoms with E-state index >= 15 is 0 Å². The van der Waals surface area contributed by atoms with Crippen molar-refractivity contribution in [1.29, 1.82) is 5.41 Å². The number of nitrogens with zero attached hydrogens (tertiary/aromatic N) is 1. The monoisotopic (exact) mass is 559 g/mol. The lowest BCUT2D eigenvalue weighted by molar-refractivity contribution is 0.669. The van der Waals surface area contributed by atoms with E-state index in [1.807, 2.05) is 35.7 Å². The Morgan fingerprint density at radius 2 is 1.64 bits per heavy atom. The number of furan rings is 1. The highest BCUT2D eigenvalue weighted by molar-refractivity contribution is 7.26. The molecule has 8 rings (SSSR count). The van der Waals surface area contributed by atoms with Gasteiger partial charge in [-0.05, 0) is 59.7 Å². The number of hydrogen-bond acceptors (Lipinski definition) is 4. The first kappa shape index (κ1) is 24.4. The molecule has 3 aromatic heterocycles. The molecule has 0 bridgehead atoms. The van der Waals surface area contributed by atoms with Crippen LogP contribution in [0.5, 0.6) is 0 Å². The highest BCUT2D eigenvalue weighted by atomic mass is 32.1. The number of aromatic nitrogens is 1. The second kappa shape index (κ2) is 9.33. The zero-order chi connectivity index (χ0) is 28.4. The van der Waals surface area contributed by atoms with Gasteiger partial charge in [-0.3, -0.25) is 0 Å². The smallest absolute Gasteiger partial charge is 0.136 e. The van der Waals surface area contributed by atoms with Crippen LogP contribution in [0.1, 0.15) is 5.56 Å². The van der Waals surface area contributed by atoms with Gasteiger partial charge in [-0.1, -0.05) is 73.8 Å². The van der Waals surface area contributed by atoms with Gasteiger partial charge in [0.1, 0.15) is 11.2 Å². The van der Waals surface area contributed by atoms with Gasteiger partial charge in [0.05, 0.1) is 21.4 Å². The van der Waals surface area contributed by atoms with E-state index in [2.05, 4.69) is 102 Å². The van der Waals surface area contributed by atoms with Crippen molar-refractivity contribution in [3.8, 4) is 5.69 Å². The molecular weight excluding hydrogens is 534 g/mol. The molecule has 0 aliphatic carbocycles. The van der Waals surface area contributed by atoms with E-state index in [1.165, 1.54) is 31.8 Å². The summed E-state index contributed by atoms with van der Waals surface area (Å²) in [5, 5.41) is 16.2. The summed E-state index contributed by atoms with van der Waals surface area (Å²) in [6.45, 7) is 7.60. The lowest BCUT2D eigenvalue weighted by Gasteiger charge is -2.16. The van der Waals surface area contributed by atoms with Crippen LogP contribution in [-0.2, 0) is 0 Å². The maximum Gasteiger partial charge on any atom is 0.136 e. The largest absolute Gasteiger partial charge is 0.456 e. The molecule has 0 amide bonds. The Labute approximate surface area is 246 Å². The van der Waals surface area contributed by atoms with Crippen LogP contribution in [0, 0.1) is 5.41 Å². The molecule has 7 aromatic rings. The minimum atomic E-state index is 0.335. The zero-order valence-electron chi connectivity index (χ0n) is 22.6. The normalized spacial score (nSPS) is 14.5. The third-order valence-corrected chi connectivity index (χ3v) is 9.21. The first-order valence-electron chi connectivity index (χ1n) is 13.7. The summed E-state index contributed by atoms with van der Waals surface area (Å²) < 4.78 is 11.2. The van der Waals surface area contributed by atoms with Crippen molar-refractivity contribution in [2.75, 3.05) is 0 Å². The molecule has 0 spiro atoms. The van der Waals surface area contributed by atoms with E-state index in [1.54, 1.807) is 6.08 Å². The van der Waals surface area contributed by atoms with E-state index in [-0.39, 0.29) is 0 Å². The Bertz CT molecular complexity index is 2390. The molecule has 5 heteroatoms. The van der Waals surface area contributed by atoms with Crippen LogP contribution in [0.15, 0.2) is 144 Å². The van der Waals surface area contributed by atoms with Crippen LogP contribution < -0.4 is 5.32 Å². The van der Waals surface area contributed by atoms with E-state index in [0.29, 0.717) is 11.3 Å². The summed E-state index contributed by atoms with van der Waals surface area (Å²) in [5.74, 6) is 0. The van der Waals surface area contributed by atoms with Crippen molar-refractivity contribution >= 4 is 75.8 Å². The molecule has 0 fully saturated rings. The van der Waals surface area contributed by atoms with Crippen molar-refractivity contribution in [3.05, 3.63) is 145 Å². The maximum absolute atomic E-state index is 8.16. The van der Waals surface area contributed by atoms with Gasteiger partial charge >= 0.3 is 0 Å². The van der Waals surface area contributed by atoms with Crippen molar-refractivity contribution in [1.82, 2.24) is 9.88 Å². The number of dihydropyridines is 1. The molecule has 0 saturated heterocycles. The number of rotatable bonds is 5. The number of para-hydroxylation sites is 1. The topological polar surface area (TPSA) is 54.0 Å². The lowest BCUT2D eigenvalue weighted by Crippen LogP contribution is -2.13. The van der Waals surface area contributed by atoms with Crippen LogP contribution in [0.2, 0.25) is 0 Å². The predicted octanol–water partition coefficient (Wildman–Crippen LogP) is 10.0. The quantitative estimate of drug-likeness (QED) is 0.206. The fourth-order valence-electron chi connectivity index (χ4n) is 6.02. The Hall–Kier alpha value is -5.39. The van der Waals surface area contributed by atoms with Crippen LogP contribution >= 0.6 is 11.3 Å². The van der Waals surface area contributed by atoms with Crippen molar-refractivity contribution in [3.63, 3.8) is 0 Å². The molecule has 4 aromatic carbocycles. The molecule has 42 heavy (non-hydrogen) atoms. The minimum absolute atomic E-state index is 0.335. The molecule has 1 aliphatic rings. The maximum atomic E-state index is 8.16. The highest BCUT2D eigenvalue weighted by Crippen LogP contribution is 2.44. The van der Waals surface area contributed by atoms with Gasteiger partial charge < -0.3 is 19.7 Å². The van der Waals surface area contributed by atoms with Crippen molar-refractivity contribution in [2.24, 2.45) is 0 Å². The first-order chi connectivity index (χ1) is 20.6. The van der Waals surface area contributed by atoms with E-state index in [9.17, 15) is 0 Å². The van der Waals surface area contributed by atoms with E-state index < -0.39 is 0 Å². The van der Waals surface area contributed by atoms with Crippen LogP contribution in [0.3, 0.4) is 0 Å². The zero-order valence-corrected chi connectivity index (χ0v) is 23.5. The number of hydrogen-bond donors (Lipinski definition) is 2. The molecule has 4 heterocycles. The Kier molecular flexibility index (Phi) is 5.42.